The Morgan fingerprint density at radius 1 is 1.31 bits per heavy atom. The predicted octanol–water partition coefficient (Wildman–Crippen LogP) is 2.30. The molecule has 3 aromatic rings. The van der Waals surface area contributed by atoms with E-state index in [1.54, 1.807) is 25.1 Å². The number of carbonyl (C=O) groups excluding carboxylic acids is 1. The normalized spacial score (nSPS) is 13.6. The van der Waals surface area contributed by atoms with Crippen molar-refractivity contribution >= 4 is 33.4 Å². The Hall–Kier alpha value is -2.74. The molecule has 0 saturated heterocycles. The number of carbonyl (C=O) groups is 1. The molecule has 1 aliphatic rings. The molecule has 0 fully saturated rings. The van der Waals surface area contributed by atoms with E-state index in [1.807, 2.05) is 0 Å². The fourth-order valence-electron chi connectivity index (χ4n) is 3.31. The molecule has 2 aromatic heterocycles. The number of aryl methyl sites for hydroxylation is 3. The van der Waals surface area contributed by atoms with Gasteiger partial charge in [-0.3, -0.25) is 19.7 Å². The van der Waals surface area contributed by atoms with E-state index in [-0.39, 0.29) is 5.91 Å². The van der Waals surface area contributed by atoms with Gasteiger partial charge in [-0.15, -0.1) is 11.3 Å². The number of thiazole rings is 1. The number of fused-ring (bicyclic) bond motifs is 2. The van der Waals surface area contributed by atoms with Crippen LogP contribution in [0.15, 0.2) is 27.8 Å². The smallest absolute Gasteiger partial charge is 0.316 e. The maximum absolute atomic E-state index is 12.6. The van der Waals surface area contributed by atoms with E-state index < -0.39 is 11.1 Å². The fourth-order valence-corrected chi connectivity index (χ4v) is 4.35. The average Bonchev–Trinajstić information content (AvgIpc) is 3.04. The van der Waals surface area contributed by atoms with Crippen molar-refractivity contribution < 1.29 is 4.79 Å². The number of benzene rings is 1. The van der Waals surface area contributed by atoms with Gasteiger partial charge in [0.1, 0.15) is 0 Å². The summed E-state index contributed by atoms with van der Waals surface area (Å²) in [6.45, 7) is 2.18. The first-order valence-electron chi connectivity index (χ1n) is 8.63. The maximum Gasteiger partial charge on any atom is 0.316 e. The van der Waals surface area contributed by atoms with Gasteiger partial charge < -0.3 is 9.55 Å². The zero-order valence-electron chi connectivity index (χ0n) is 14.3. The summed E-state index contributed by atoms with van der Waals surface area (Å²) in [7, 11) is 0. The van der Waals surface area contributed by atoms with Crippen LogP contribution in [-0.2, 0) is 19.4 Å². The molecule has 0 aliphatic heterocycles. The highest BCUT2D eigenvalue weighted by Gasteiger charge is 2.17. The third kappa shape index (κ3) is 2.86. The molecule has 0 saturated carbocycles. The lowest BCUT2D eigenvalue weighted by Crippen LogP contribution is -2.36. The molecule has 4 rings (SSSR count). The number of amides is 1. The topological polar surface area (TPSA) is 96.9 Å². The minimum Gasteiger partial charge on any atom is -0.316 e. The zero-order valence-corrected chi connectivity index (χ0v) is 15.1. The van der Waals surface area contributed by atoms with Crippen LogP contribution in [0.2, 0.25) is 0 Å². The van der Waals surface area contributed by atoms with Gasteiger partial charge in [-0.05, 0) is 50.8 Å². The molecule has 134 valence electrons. The fraction of sp³-hybridized carbons (Fsp3) is 0.333. The summed E-state index contributed by atoms with van der Waals surface area (Å²) in [6, 6.07) is 4.91. The van der Waals surface area contributed by atoms with Gasteiger partial charge in [0.2, 0.25) is 0 Å². The van der Waals surface area contributed by atoms with Crippen molar-refractivity contribution in [3.8, 4) is 0 Å². The summed E-state index contributed by atoms with van der Waals surface area (Å²) in [5.41, 5.74) is 1.27. The molecule has 8 heteroatoms. The molecule has 26 heavy (non-hydrogen) atoms. The number of aromatic nitrogens is 3. The third-order valence-electron chi connectivity index (χ3n) is 4.62. The Balaban J connectivity index is 1.67. The van der Waals surface area contributed by atoms with Gasteiger partial charge in [-0.25, -0.2) is 4.98 Å². The number of nitrogens with one attached hydrogen (secondary N) is 2. The highest BCUT2D eigenvalue weighted by molar-refractivity contribution is 7.15. The molecule has 0 unspecified atom stereocenters. The Labute approximate surface area is 152 Å². The van der Waals surface area contributed by atoms with Gasteiger partial charge in [0.25, 0.3) is 5.91 Å². The SMILES string of the molecule is CCn1c(=O)c(=O)[nH]c2cc(C(=O)Nc3nc4c(s3)CCCC4)ccc21. The summed E-state index contributed by atoms with van der Waals surface area (Å²) < 4.78 is 1.39. The Bertz CT molecular complexity index is 1100. The first kappa shape index (κ1) is 16.7. The number of hydrogen-bond acceptors (Lipinski definition) is 5. The van der Waals surface area contributed by atoms with Crippen LogP contribution in [0, 0.1) is 0 Å². The molecule has 7 nitrogen and oxygen atoms in total. The van der Waals surface area contributed by atoms with Crippen molar-refractivity contribution in [1.29, 1.82) is 0 Å². The van der Waals surface area contributed by atoms with Gasteiger partial charge in [0.05, 0.1) is 16.7 Å². The maximum atomic E-state index is 12.6. The van der Waals surface area contributed by atoms with Gasteiger partial charge in [0, 0.05) is 17.0 Å². The van der Waals surface area contributed by atoms with Crippen LogP contribution >= 0.6 is 11.3 Å². The molecular weight excluding hydrogens is 352 g/mol. The number of H-pyrrole nitrogens is 1. The zero-order chi connectivity index (χ0) is 18.3. The van der Waals surface area contributed by atoms with Crippen LogP contribution in [0.25, 0.3) is 11.0 Å². The number of anilines is 1. The summed E-state index contributed by atoms with van der Waals surface area (Å²) in [4.78, 5) is 44.6. The first-order chi connectivity index (χ1) is 12.6. The van der Waals surface area contributed by atoms with Crippen molar-refractivity contribution in [2.75, 3.05) is 5.32 Å². The Morgan fingerprint density at radius 2 is 2.12 bits per heavy atom. The Kier molecular flexibility index (Phi) is 4.20. The van der Waals surface area contributed by atoms with Crippen LogP contribution in [0.3, 0.4) is 0 Å². The van der Waals surface area contributed by atoms with E-state index in [0.29, 0.717) is 28.3 Å². The van der Waals surface area contributed by atoms with Gasteiger partial charge >= 0.3 is 11.1 Å². The summed E-state index contributed by atoms with van der Waals surface area (Å²) in [5.74, 6) is -0.284. The van der Waals surface area contributed by atoms with E-state index >= 15 is 0 Å². The predicted molar refractivity (Wildman–Crippen MR) is 101 cm³/mol. The molecule has 0 radical (unpaired) electrons. The first-order valence-corrected chi connectivity index (χ1v) is 9.45. The molecule has 0 atom stereocenters. The summed E-state index contributed by atoms with van der Waals surface area (Å²) in [5, 5.41) is 3.45. The molecule has 1 amide bonds. The van der Waals surface area contributed by atoms with Crippen LogP contribution in [0.5, 0.6) is 0 Å². The quantitative estimate of drug-likeness (QED) is 0.691. The molecule has 1 aliphatic carbocycles. The molecule has 0 bridgehead atoms. The minimum absolute atomic E-state index is 0.284. The second-order valence-corrected chi connectivity index (χ2v) is 7.37. The van der Waals surface area contributed by atoms with Gasteiger partial charge in [-0.2, -0.15) is 0 Å². The Morgan fingerprint density at radius 3 is 2.88 bits per heavy atom. The van der Waals surface area contributed by atoms with Gasteiger partial charge in [-0.1, -0.05) is 0 Å². The van der Waals surface area contributed by atoms with Crippen molar-refractivity contribution in [2.24, 2.45) is 0 Å². The van der Waals surface area contributed by atoms with Crippen molar-refractivity contribution in [3.05, 3.63) is 55.0 Å². The average molecular weight is 370 g/mol. The number of aromatic amines is 1. The molecule has 0 spiro atoms. The molecule has 1 aromatic carbocycles. The lowest BCUT2D eigenvalue weighted by molar-refractivity contribution is 0.102. The van der Waals surface area contributed by atoms with E-state index in [4.69, 9.17) is 0 Å². The van der Waals surface area contributed by atoms with Crippen LogP contribution in [0.4, 0.5) is 5.13 Å². The van der Waals surface area contributed by atoms with E-state index in [0.717, 1.165) is 25.0 Å². The summed E-state index contributed by atoms with van der Waals surface area (Å²) in [6.07, 6.45) is 4.29. The molecule has 2 N–H and O–H groups in total. The van der Waals surface area contributed by atoms with Crippen molar-refractivity contribution in [2.45, 2.75) is 39.2 Å². The van der Waals surface area contributed by atoms with E-state index in [2.05, 4.69) is 15.3 Å². The molecular formula is C18H18N4O3S. The second kappa shape index (κ2) is 6.53. The van der Waals surface area contributed by atoms with Crippen LogP contribution in [0.1, 0.15) is 40.7 Å². The van der Waals surface area contributed by atoms with Crippen LogP contribution < -0.4 is 16.4 Å². The van der Waals surface area contributed by atoms with E-state index in [1.165, 1.54) is 27.2 Å². The van der Waals surface area contributed by atoms with Gasteiger partial charge in [0.15, 0.2) is 5.13 Å². The highest BCUT2D eigenvalue weighted by Crippen LogP contribution is 2.29. The third-order valence-corrected chi connectivity index (χ3v) is 5.69. The van der Waals surface area contributed by atoms with Crippen molar-refractivity contribution in [1.82, 2.24) is 14.5 Å². The number of rotatable bonds is 3. The largest absolute Gasteiger partial charge is 0.316 e. The lowest BCUT2D eigenvalue weighted by Gasteiger charge is -2.08. The van der Waals surface area contributed by atoms with Crippen molar-refractivity contribution in [3.63, 3.8) is 0 Å². The van der Waals surface area contributed by atoms with Crippen LogP contribution in [-0.4, -0.2) is 20.4 Å². The monoisotopic (exact) mass is 370 g/mol. The second-order valence-electron chi connectivity index (χ2n) is 6.29. The minimum atomic E-state index is -0.690. The molecule has 2 heterocycles. The highest BCUT2D eigenvalue weighted by atomic mass is 32.1. The standard InChI is InChI=1S/C18H18N4O3S/c1-2-22-13-8-7-10(9-12(13)19-16(24)17(22)25)15(23)21-18-20-11-5-3-4-6-14(11)26-18/h7-9H,2-6H2,1H3,(H,19,24)(H,20,21,23). The number of nitrogens with zero attached hydrogens (tertiary/aromatic N) is 2. The summed E-state index contributed by atoms with van der Waals surface area (Å²) >= 11 is 1.53. The lowest BCUT2D eigenvalue weighted by atomic mass is 10.0. The number of hydrogen-bond donors (Lipinski definition) is 2. The van der Waals surface area contributed by atoms with E-state index in [9.17, 15) is 14.4 Å².